The number of anilines is 1. The van der Waals surface area contributed by atoms with Gasteiger partial charge in [-0.05, 0) is 66.8 Å². The van der Waals surface area contributed by atoms with Gasteiger partial charge in [0.25, 0.3) is 5.91 Å². The molecular weight excluding hydrogens is 642 g/mol. The third-order valence-electron chi connectivity index (χ3n) is 8.30. The minimum atomic E-state index is -3.56. The Kier molecular flexibility index (Phi) is 13.2. The van der Waals surface area contributed by atoms with Crippen molar-refractivity contribution in [2.24, 2.45) is 0 Å². The Morgan fingerprint density at radius 3 is 2.18 bits per heavy atom. The van der Waals surface area contributed by atoms with Gasteiger partial charge < -0.3 is 19.9 Å². The average Bonchev–Trinajstić information content (AvgIpc) is 3.12. The third kappa shape index (κ3) is 10.3. The van der Waals surface area contributed by atoms with Crippen LogP contribution in [0, 0.1) is 0 Å². The fourth-order valence-corrected chi connectivity index (χ4v) is 6.63. The van der Waals surface area contributed by atoms with Gasteiger partial charge in [-0.1, -0.05) is 85.8 Å². The molecule has 0 aliphatic rings. The number of aliphatic hydroxyl groups excluding tert-OH is 1. The fourth-order valence-electron chi connectivity index (χ4n) is 5.40. The Balaban J connectivity index is 1.61. The zero-order valence-electron chi connectivity index (χ0n) is 28.4. The van der Waals surface area contributed by atoms with Crippen LogP contribution in [0.25, 0.3) is 0 Å². The van der Waals surface area contributed by atoms with E-state index in [2.05, 4.69) is 5.32 Å². The molecule has 49 heavy (non-hydrogen) atoms. The van der Waals surface area contributed by atoms with Gasteiger partial charge in [-0.15, -0.1) is 0 Å². The molecule has 0 fully saturated rings. The standard InChI is InChI=1S/C38H45N3O7S/c1-5-22-49(45,46)40(3)33-20-12-19-32(24-33)37(43)39-35(23-29-14-8-6-9-15-29)36(42)26-41(28(2)31-18-13-21-34(25-31)47-4)38(44)48-27-30-16-10-7-11-17-30/h6-21,24-25,28,35-36,42H,5,22-23,26-27H2,1-4H3,(H,39,43)/t28-,35+,36-/m1/s1. The average molecular weight is 688 g/mol. The van der Waals surface area contributed by atoms with Crippen molar-refractivity contribution in [1.29, 1.82) is 0 Å². The highest BCUT2D eigenvalue weighted by Crippen LogP contribution is 2.26. The van der Waals surface area contributed by atoms with Crippen LogP contribution >= 0.6 is 0 Å². The van der Waals surface area contributed by atoms with Gasteiger partial charge in [0.05, 0.1) is 43.3 Å². The fraction of sp³-hybridized carbons (Fsp3) is 0.316. The first kappa shape index (κ1) is 37.0. The van der Waals surface area contributed by atoms with Crippen LogP contribution in [-0.2, 0) is 27.8 Å². The summed E-state index contributed by atoms with van der Waals surface area (Å²) in [5, 5.41) is 14.8. The number of carbonyl (C=O) groups is 2. The molecule has 4 aromatic rings. The molecule has 4 rings (SSSR count). The molecule has 0 aliphatic heterocycles. The lowest BCUT2D eigenvalue weighted by Gasteiger charge is -2.33. The number of sulfonamides is 1. The van der Waals surface area contributed by atoms with Crippen LogP contribution in [-0.4, -0.2) is 69.0 Å². The summed E-state index contributed by atoms with van der Waals surface area (Å²) >= 11 is 0. The lowest BCUT2D eigenvalue weighted by molar-refractivity contribution is 0.0402. The summed E-state index contributed by atoms with van der Waals surface area (Å²) in [5.41, 5.74) is 3.02. The molecule has 11 heteroatoms. The lowest BCUT2D eigenvalue weighted by atomic mass is 9.99. The van der Waals surface area contributed by atoms with Gasteiger partial charge in [-0.3, -0.25) is 14.0 Å². The summed E-state index contributed by atoms with van der Waals surface area (Å²) in [6, 6.07) is 31.0. The molecule has 0 saturated heterocycles. The van der Waals surface area contributed by atoms with Crippen molar-refractivity contribution in [2.45, 2.75) is 51.5 Å². The largest absolute Gasteiger partial charge is 0.497 e. The van der Waals surface area contributed by atoms with Gasteiger partial charge in [-0.25, -0.2) is 13.2 Å². The number of methoxy groups -OCH3 is 1. The summed E-state index contributed by atoms with van der Waals surface area (Å²) < 4.78 is 37.7. The molecule has 0 saturated carbocycles. The van der Waals surface area contributed by atoms with Crippen molar-refractivity contribution in [2.75, 3.05) is 30.8 Å². The van der Waals surface area contributed by atoms with Gasteiger partial charge >= 0.3 is 6.09 Å². The third-order valence-corrected chi connectivity index (χ3v) is 10.3. The van der Waals surface area contributed by atoms with E-state index in [4.69, 9.17) is 9.47 Å². The molecule has 0 bridgehead atoms. The van der Waals surface area contributed by atoms with E-state index >= 15 is 0 Å². The van der Waals surface area contributed by atoms with Crippen LogP contribution in [0.5, 0.6) is 5.75 Å². The van der Waals surface area contributed by atoms with Crippen LogP contribution in [0.1, 0.15) is 53.4 Å². The van der Waals surface area contributed by atoms with Gasteiger partial charge in [0, 0.05) is 12.6 Å². The number of benzene rings is 4. The van der Waals surface area contributed by atoms with Gasteiger partial charge in [0.15, 0.2) is 0 Å². The molecule has 0 spiro atoms. The molecule has 0 unspecified atom stereocenters. The van der Waals surface area contributed by atoms with Gasteiger partial charge in [-0.2, -0.15) is 0 Å². The highest BCUT2D eigenvalue weighted by Gasteiger charge is 2.31. The van der Waals surface area contributed by atoms with E-state index in [9.17, 15) is 23.1 Å². The van der Waals surface area contributed by atoms with Crippen molar-refractivity contribution >= 4 is 27.7 Å². The SMILES string of the molecule is CCCS(=O)(=O)N(C)c1cccc(C(=O)N[C@@H](Cc2ccccc2)[C@H](O)CN(C(=O)OCc2ccccc2)[C@H](C)c2cccc(OC)c2)c1. The molecule has 0 aliphatic carbocycles. The molecule has 10 nitrogen and oxygen atoms in total. The number of hydrogen-bond donors (Lipinski definition) is 2. The molecule has 2 N–H and O–H groups in total. The van der Waals surface area contributed by atoms with E-state index in [0.29, 0.717) is 17.9 Å². The van der Waals surface area contributed by atoms with E-state index in [0.717, 1.165) is 16.7 Å². The Bertz CT molecular complexity index is 1770. The van der Waals surface area contributed by atoms with Crippen LogP contribution in [0.3, 0.4) is 0 Å². The highest BCUT2D eigenvalue weighted by molar-refractivity contribution is 7.92. The predicted molar refractivity (Wildman–Crippen MR) is 191 cm³/mol. The van der Waals surface area contributed by atoms with Crippen molar-refractivity contribution in [3.05, 3.63) is 131 Å². The second-order valence-electron chi connectivity index (χ2n) is 11.8. The van der Waals surface area contributed by atoms with E-state index in [-0.39, 0.29) is 30.9 Å². The van der Waals surface area contributed by atoms with E-state index in [1.165, 1.54) is 22.3 Å². The first-order valence-electron chi connectivity index (χ1n) is 16.2. The second-order valence-corrected chi connectivity index (χ2v) is 13.9. The Hall–Kier alpha value is -4.87. The second kappa shape index (κ2) is 17.5. The number of amides is 2. The van der Waals surface area contributed by atoms with Crippen molar-refractivity contribution in [3.63, 3.8) is 0 Å². The number of ether oxygens (including phenoxy) is 2. The maximum absolute atomic E-state index is 13.7. The molecule has 260 valence electrons. The van der Waals surface area contributed by atoms with Crippen LogP contribution in [0.4, 0.5) is 10.5 Å². The number of rotatable bonds is 16. The first-order chi connectivity index (χ1) is 23.5. The van der Waals surface area contributed by atoms with Gasteiger partial charge in [0.1, 0.15) is 12.4 Å². The topological polar surface area (TPSA) is 125 Å². The molecule has 2 amide bonds. The summed E-state index contributed by atoms with van der Waals surface area (Å²) in [6.45, 7) is 3.50. The maximum Gasteiger partial charge on any atom is 0.410 e. The molecule has 3 atom stereocenters. The normalized spacial score (nSPS) is 13.1. The van der Waals surface area contributed by atoms with E-state index in [1.807, 2.05) is 85.8 Å². The summed E-state index contributed by atoms with van der Waals surface area (Å²) in [6.07, 6.45) is -1.14. The highest BCUT2D eigenvalue weighted by atomic mass is 32.2. The number of nitrogens with zero attached hydrogens (tertiary/aromatic N) is 2. The Morgan fingerprint density at radius 2 is 1.53 bits per heavy atom. The Labute approximate surface area is 289 Å². The van der Waals surface area contributed by atoms with E-state index in [1.54, 1.807) is 38.3 Å². The van der Waals surface area contributed by atoms with Crippen molar-refractivity contribution in [3.8, 4) is 5.75 Å². The van der Waals surface area contributed by atoms with Crippen molar-refractivity contribution < 1.29 is 32.6 Å². The molecule has 0 radical (unpaired) electrons. The van der Waals surface area contributed by atoms with Crippen molar-refractivity contribution in [1.82, 2.24) is 10.2 Å². The summed E-state index contributed by atoms with van der Waals surface area (Å²) in [5.74, 6) is 0.0956. The van der Waals surface area contributed by atoms with Crippen LogP contribution in [0.15, 0.2) is 109 Å². The number of nitrogens with one attached hydrogen (secondary N) is 1. The zero-order valence-corrected chi connectivity index (χ0v) is 29.2. The smallest absolute Gasteiger partial charge is 0.410 e. The Morgan fingerprint density at radius 1 is 0.878 bits per heavy atom. The summed E-state index contributed by atoms with van der Waals surface area (Å²) in [7, 11) is -0.538. The lowest BCUT2D eigenvalue weighted by Crippen LogP contribution is -2.51. The quantitative estimate of drug-likeness (QED) is 0.149. The molecular formula is C38H45N3O7S. The molecule has 0 aromatic heterocycles. The van der Waals surface area contributed by atoms with Gasteiger partial charge in [0.2, 0.25) is 10.0 Å². The summed E-state index contributed by atoms with van der Waals surface area (Å²) in [4.78, 5) is 28.8. The minimum absolute atomic E-state index is 0.0241. The zero-order chi connectivity index (χ0) is 35.4. The number of carbonyl (C=O) groups excluding carboxylic acids is 2. The maximum atomic E-state index is 13.7. The van der Waals surface area contributed by atoms with E-state index < -0.39 is 40.2 Å². The first-order valence-corrected chi connectivity index (χ1v) is 17.8. The predicted octanol–water partition coefficient (Wildman–Crippen LogP) is 5.97. The molecule has 4 aromatic carbocycles. The van der Waals surface area contributed by atoms with Crippen LogP contribution < -0.4 is 14.4 Å². The monoisotopic (exact) mass is 687 g/mol. The minimum Gasteiger partial charge on any atom is -0.497 e. The van der Waals surface area contributed by atoms with Crippen LogP contribution in [0.2, 0.25) is 0 Å². The number of aliphatic hydroxyl groups is 1. The number of hydrogen-bond acceptors (Lipinski definition) is 7. The molecule has 0 heterocycles.